The zero-order valence-corrected chi connectivity index (χ0v) is 12.8. The van der Waals surface area contributed by atoms with E-state index >= 15 is 0 Å². The third kappa shape index (κ3) is 2.90. The van der Waals surface area contributed by atoms with Crippen molar-refractivity contribution in [2.45, 2.75) is 24.3 Å². The van der Waals surface area contributed by atoms with Crippen LogP contribution in [0.5, 0.6) is 0 Å². The molecule has 2 aromatic rings. The molecule has 0 saturated carbocycles. The van der Waals surface area contributed by atoms with Gasteiger partial charge in [-0.3, -0.25) is 0 Å². The number of aryl methyl sites for hydroxylation is 1. The van der Waals surface area contributed by atoms with Gasteiger partial charge in [-0.2, -0.15) is 9.98 Å². The second kappa shape index (κ2) is 5.37. The van der Waals surface area contributed by atoms with Gasteiger partial charge in [0.1, 0.15) is 0 Å². The highest BCUT2D eigenvalue weighted by molar-refractivity contribution is 7.89. The van der Waals surface area contributed by atoms with Crippen LogP contribution in [0.2, 0.25) is 0 Å². The molecular weight excluding hydrogens is 292 g/mol. The van der Waals surface area contributed by atoms with Crippen molar-refractivity contribution in [3.63, 3.8) is 0 Å². The third-order valence-electron chi connectivity index (χ3n) is 2.91. The van der Waals surface area contributed by atoms with E-state index in [0.29, 0.717) is 4.88 Å². The van der Waals surface area contributed by atoms with Gasteiger partial charge >= 0.3 is 0 Å². The lowest BCUT2D eigenvalue weighted by atomic mass is 10.1. The highest BCUT2D eigenvalue weighted by Crippen LogP contribution is 2.27. The van der Waals surface area contributed by atoms with Crippen molar-refractivity contribution in [2.24, 2.45) is 0 Å². The molecule has 0 amide bonds. The van der Waals surface area contributed by atoms with Crippen LogP contribution < -0.4 is 4.72 Å². The maximum Gasteiger partial charge on any atom is 0.242 e. The molecule has 2 rings (SSSR count). The number of thiophene rings is 1. The fourth-order valence-electron chi connectivity index (χ4n) is 1.74. The minimum atomic E-state index is -3.74. The molecule has 1 atom stereocenters. The van der Waals surface area contributed by atoms with Gasteiger partial charge in [0.05, 0.1) is 11.0 Å². The summed E-state index contributed by atoms with van der Waals surface area (Å²) < 4.78 is 27.2. The predicted octanol–water partition coefficient (Wildman–Crippen LogP) is 2.77. The summed E-state index contributed by atoms with van der Waals surface area (Å²) in [6.45, 7) is 3.44. The highest BCUT2D eigenvalue weighted by Gasteiger charge is 2.33. The van der Waals surface area contributed by atoms with Gasteiger partial charge in [0, 0.05) is 4.88 Å². The Morgan fingerprint density at radius 2 is 1.90 bits per heavy atom. The third-order valence-corrected chi connectivity index (χ3v) is 5.57. The van der Waals surface area contributed by atoms with Gasteiger partial charge < -0.3 is 0 Å². The van der Waals surface area contributed by atoms with Crippen LogP contribution in [-0.4, -0.2) is 8.42 Å². The molecule has 6 heteroatoms. The van der Waals surface area contributed by atoms with Crippen molar-refractivity contribution in [1.29, 1.82) is 5.26 Å². The predicted molar refractivity (Wildman–Crippen MR) is 78.8 cm³/mol. The van der Waals surface area contributed by atoms with E-state index in [1.54, 1.807) is 31.2 Å². The average molecular weight is 306 g/mol. The minimum absolute atomic E-state index is 0.154. The molecule has 0 saturated heterocycles. The van der Waals surface area contributed by atoms with Gasteiger partial charge in [-0.1, -0.05) is 23.8 Å². The van der Waals surface area contributed by atoms with Crippen LogP contribution in [0.25, 0.3) is 0 Å². The highest BCUT2D eigenvalue weighted by atomic mass is 32.2. The Hall–Kier alpha value is -1.68. The molecule has 104 valence electrons. The Labute approximate surface area is 122 Å². The summed E-state index contributed by atoms with van der Waals surface area (Å²) >= 11 is 1.34. The number of hydrogen-bond acceptors (Lipinski definition) is 4. The summed E-state index contributed by atoms with van der Waals surface area (Å²) in [4.78, 5) is 0.816. The van der Waals surface area contributed by atoms with Gasteiger partial charge in [0.15, 0.2) is 5.54 Å². The molecule has 0 aliphatic carbocycles. The first-order chi connectivity index (χ1) is 9.37. The van der Waals surface area contributed by atoms with Crippen LogP contribution in [0.15, 0.2) is 46.7 Å². The lowest BCUT2D eigenvalue weighted by Crippen LogP contribution is -2.41. The molecule has 1 heterocycles. The van der Waals surface area contributed by atoms with Crippen LogP contribution in [0, 0.1) is 18.3 Å². The summed E-state index contributed by atoms with van der Waals surface area (Å²) in [7, 11) is -3.74. The topological polar surface area (TPSA) is 70.0 Å². The zero-order chi connectivity index (χ0) is 14.8. The Balaban J connectivity index is 2.37. The summed E-state index contributed by atoms with van der Waals surface area (Å²) in [5, 5.41) is 11.2. The maximum atomic E-state index is 12.4. The second-order valence-electron chi connectivity index (χ2n) is 4.63. The van der Waals surface area contributed by atoms with E-state index in [0.717, 1.165) is 5.56 Å². The Kier molecular flexibility index (Phi) is 3.95. The zero-order valence-electron chi connectivity index (χ0n) is 11.1. The number of nitriles is 1. The molecule has 0 bridgehead atoms. The Morgan fingerprint density at radius 3 is 2.40 bits per heavy atom. The largest absolute Gasteiger partial charge is 0.242 e. The fraction of sp³-hybridized carbons (Fsp3) is 0.214. The first-order valence-corrected chi connectivity index (χ1v) is 8.29. The monoisotopic (exact) mass is 306 g/mol. The average Bonchev–Trinajstić information content (AvgIpc) is 2.93. The number of benzene rings is 1. The molecule has 1 N–H and O–H groups in total. The molecule has 1 unspecified atom stereocenters. The van der Waals surface area contributed by atoms with Crippen molar-refractivity contribution in [3.8, 4) is 6.07 Å². The van der Waals surface area contributed by atoms with Gasteiger partial charge in [0.2, 0.25) is 10.0 Å². The molecule has 0 spiro atoms. The molecule has 1 aromatic carbocycles. The van der Waals surface area contributed by atoms with Crippen LogP contribution >= 0.6 is 11.3 Å². The lowest BCUT2D eigenvalue weighted by molar-refractivity contribution is 0.529. The molecule has 0 aliphatic heterocycles. The standard InChI is InChI=1S/C14H14N2O2S2/c1-11-5-7-12(8-6-11)20(17,18)16-14(2,10-15)13-4-3-9-19-13/h3-9,16H,1-2H3. The van der Waals surface area contributed by atoms with E-state index in [2.05, 4.69) is 4.72 Å². The summed E-state index contributed by atoms with van der Waals surface area (Å²) in [5.41, 5.74) is -0.289. The van der Waals surface area contributed by atoms with Crippen LogP contribution in [0.3, 0.4) is 0 Å². The van der Waals surface area contributed by atoms with E-state index < -0.39 is 15.6 Å². The molecule has 20 heavy (non-hydrogen) atoms. The number of nitrogens with zero attached hydrogens (tertiary/aromatic N) is 1. The summed E-state index contributed by atoms with van der Waals surface area (Å²) in [6.07, 6.45) is 0. The van der Waals surface area contributed by atoms with Gasteiger partial charge in [0.25, 0.3) is 0 Å². The number of sulfonamides is 1. The number of rotatable bonds is 4. The van der Waals surface area contributed by atoms with Crippen LogP contribution in [0.1, 0.15) is 17.4 Å². The van der Waals surface area contributed by atoms with Crippen LogP contribution in [-0.2, 0) is 15.6 Å². The molecular formula is C14H14N2O2S2. The second-order valence-corrected chi connectivity index (χ2v) is 7.26. The van der Waals surface area contributed by atoms with E-state index in [-0.39, 0.29) is 4.90 Å². The van der Waals surface area contributed by atoms with Gasteiger partial charge in [-0.05, 0) is 37.4 Å². The molecule has 0 fully saturated rings. The number of hydrogen-bond donors (Lipinski definition) is 1. The number of nitrogens with one attached hydrogen (secondary N) is 1. The van der Waals surface area contributed by atoms with Crippen LogP contribution in [0.4, 0.5) is 0 Å². The van der Waals surface area contributed by atoms with Crippen molar-refractivity contribution < 1.29 is 8.42 Å². The van der Waals surface area contributed by atoms with Crippen molar-refractivity contribution in [1.82, 2.24) is 4.72 Å². The van der Waals surface area contributed by atoms with E-state index in [4.69, 9.17) is 0 Å². The maximum absolute atomic E-state index is 12.4. The van der Waals surface area contributed by atoms with Crippen molar-refractivity contribution in [2.75, 3.05) is 0 Å². The normalized spacial score (nSPS) is 14.4. The van der Waals surface area contributed by atoms with E-state index in [9.17, 15) is 13.7 Å². The molecule has 0 radical (unpaired) electrons. The molecule has 1 aromatic heterocycles. The fourth-order valence-corrected chi connectivity index (χ4v) is 3.90. The van der Waals surface area contributed by atoms with Crippen molar-refractivity contribution in [3.05, 3.63) is 52.2 Å². The quantitative estimate of drug-likeness (QED) is 0.944. The smallest absolute Gasteiger partial charge is 0.207 e. The summed E-state index contributed by atoms with van der Waals surface area (Å²) in [6, 6.07) is 12.1. The van der Waals surface area contributed by atoms with Crippen molar-refractivity contribution >= 4 is 21.4 Å². The van der Waals surface area contributed by atoms with Gasteiger partial charge in [-0.25, -0.2) is 8.42 Å². The lowest BCUT2D eigenvalue weighted by Gasteiger charge is -2.21. The molecule has 0 aliphatic rings. The van der Waals surface area contributed by atoms with Gasteiger partial charge in [-0.15, -0.1) is 11.3 Å². The van der Waals surface area contributed by atoms with E-state index in [1.807, 2.05) is 18.4 Å². The summed E-state index contributed by atoms with van der Waals surface area (Å²) in [5.74, 6) is 0. The SMILES string of the molecule is Cc1ccc(S(=O)(=O)NC(C)(C#N)c2cccs2)cc1. The Morgan fingerprint density at radius 1 is 1.25 bits per heavy atom. The van der Waals surface area contributed by atoms with E-state index in [1.165, 1.54) is 23.5 Å². The Bertz CT molecular complexity index is 728. The minimum Gasteiger partial charge on any atom is -0.207 e. The first-order valence-electron chi connectivity index (χ1n) is 5.93. The first kappa shape index (κ1) is 14.7. The molecule has 4 nitrogen and oxygen atoms in total.